The molecule has 1 aromatic carbocycles. The van der Waals surface area contributed by atoms with E-state index in [9.17, 15) is 0 Å². The Kier molecular flexibility index (Phi) is 4.72. The maximum atomic E-state index is 5.57. The lowest BCUT2D eigenvalue weighted by Crippen LogP contribution is -2.19. The summed E-state index contributed by atoms with van der Waals surface area (Å²) in [5.74, 6) is 1.59. The van der Waals surface area contributed by atoms with Gasteiger partial charge in [0.25, 0.3) is 0 Å². The summed E-state index contributed by atoms with van der Waals surface area (Å²) in [6.45, 7) is 4.09. The average Bonchev–Trinajstić information content (AvgIpc) is 2.37. The molecule has 0 spiro atoms. The Hall–Kier alpha value is -0.940. The first kappa shape index (κ1) is 13.5. The highest BCUT2D eigenvalue weighted by molar-refractivity contribution is 9.10. The molecule has 100 valence electrons. The summed E-state index contributed by atoms with van der Waals surface area (Å²) in [7, 11) is 1.71. The smallest absolute Gasteiger partial charge is 0.163 e. The summed E-state index contributed by atoms with van der Waals surface area (Å²) in [5, 5.41) is 3.43. The molecule has 2 rings (SSSR count). The molecule has 0 radical (unpaired) electrons. The molecular weight excluding hydrogens is 298 g/mol. The maximum Gasteiger partial charge on any atom is 0.163 e. The quantitative estimate of drug-likeness (QED) is 0.906. The molecule has 1 aliphatic rings. The zero-order valence-corrected chi connectivity index (χ0v) is 12.2. The van der Waals surface area contributed by atoms with Gasteiger partial charge >= 0.3 is 0 Å². The second-order valence-corrected chi connectivity index (χ2v) is 5.16. The van der Waals surface area contributed by atoms with Crippen LogP contribution in [0.2, 0.25) is 0 Å². The average molecular weight is 316 g/mol. The minimum Gasteiger partial charge on any atom is -0.486 e. The van der Waals surface area contributed by atoms with Crippen LogP contribution in [0.1, 0.15) is 13.3 Å². The van der Waals surface area contributed by atoms with Gasteiger partial charge in [-0.05, 0) is 29.3 Å². The maximum absolute atomic E-state index is 5.57. The third-order valence-corrected chi connectivity index (χ3v) is 3.44. The molecule has 1 heterocycles. The molecule has 1 N–H and O–H groups in total. The third-order valence-electron chi connectivity index (χ3n) is 2.79. The number of ether oxygens (including phenoxy) is 3. The lowest BCUT2D eigenvalue weighted by atomic mass is 10.2. The summed E-state index contributed by atoms with van der Waals surface area (Å²) in [4.78, 5) is 0. The largest absolute Gasteiger partial charge is 0.486 e. The molecule has 1 aliphatic heterocycles. The molecule has 0 aliphatic carbocycles. The van der Waals surface area contributed by atoms with Crippen LogP contribution >= 0.6 is 15.9 Å². The van der Waals surface area contributed by atoms with E-state index in [1.54, 1.807) is 7.11 Å². The molecule has 0 amide bonds. The van der Waals surface area contributed by atoms with Crippen LogP contribution in [0.15, 0.2) is 16.6 Å². The summed E-state index contributed by atoms with van der Waals surface area (Å²) in [6.07, 6.45) is 0.956. The Morgan fingerprint density at radius 2 is 2.00 bits per heavy atom. The number of fused-ring (bicyclic) bond motifs is 1. The van der Waals surface area contributed by atoms with Crippen LogP contribution in [0.5, 0.6) is 11.5 Å². The van der Waals surface area contributed by atoms with E-state index >= 15 is 0 Å². The monoisotopic (exact) mass is 315 g/mol. The zero-order valence-electron chi connectivity index (χ0n) is 10.7. The number of hydrogen-bond donors (Lipinski definition) is 1. The highest BCUT2D eigenvalue weighted by atomic mass is 79.9. The van der Waals surface area contributed by atoms with E-state index in [4.69, 9.17) is 14.2 Å². The van der Waals surface area contributed by atoms with Crippen molar-refractivity contribution in [1.82, 2.24) is 0 Å². The molecule has 0 fully saturated rings. The van der Waals surface area contributed by atoms with Gasteiger partial charge in [0.15, 0.2) is 11.5 Å². The number of benzene rings is 1. The summed E-state index contributed by atoms with van der Waals surface area (Å²) < 4.78 is 17.2. The van der Waals surface area contributed by atoms with Crippen LogP contribution < -0.4 is 14.8 Å². The highest BCUT2D eigenvalue weighted by Crippen LogP contribution is 2.38. The molecular formula is C13H18BrNO3. The molecule has 0 aromatic heterocycles. The Balaban J connectivity index is 2.08. The van der Waals surface area contributed by atoms with Gasteiger partial charge in [-0.2, -0.15) is 0 Å². The molecule has 18 heavy (non-hydrogen) atoms. The SMILES string of the molecule is COCCC(C)Nc1cc2c(cc1Br)OCCO2. The Morgan fingerprint density at radius 1 is 1.33 bits per heavy atom. The van der Waals surface area contributed by atoms with Crippen LogP contribution in [0.4, 0.5) is 5.69 Å². The van der Waals surface area contributed by atoms with Crippen molar-refractivity contribution in [2.24, 2.45) is 0 Å². The van der Waals surface area contributed by atoms with E-state index in [0.29, 0.717) is 19.3 Å². The van der Waals surface area contributed by atoms with Gasteiger partial charge in [-0.15, -0.1) is 0 Å². The van der Waals surface area contributed by atoms with Crippen LogP contribution in [-0.2, 0) is 4.74 Å². The zero-order chi connectivity index (χ0) is 13.0. The number of hydrogen-bond acceptors (Lipinski definition) is 4. The van der Waals surface area contributed by atoms with Crippen molar-refractivity contribution in [3.8, 4) is 11.5 Å². The van der Waals surface area contributed by atoms with Gasteiger partial charge in [0.1, 0.15) is 13.2 Å². The molecule has 1 atom stereocenters. The van der Waals surface area contributed by atoms with Gasteiger partial charge in [-0.25, -0.2) is 0 Å². The van der Waals surface area contributed by atoms with E-state index in [0.717, 1.165) is 34.7 Å². The summed E-state index contributed by atoms with van der Waals surface area (Å²) >= 11 is 3.54. The predicted molar refractivity (Wildman–Crippen MR) is 74.7 cm³/mol. The van der Waals surface area contributed by atoms with Crippen LogP contribution in [0.25, 0.3) is 0 Å². The molecule has 4 nitrogen and oxygen atoms in total. The Morgan fingerprint density at radius 3 is 2.67 bits per heavy atom. The minimum absolute atomic E-state index is 0.337. The number of halogens is 1. The van der Waals surface area contributed by atoms with Crippen molar-refractivity contribution < 1.29 is 14.2 Å². The van der Waals surface area contributed by atoms with Crippen molar-refractivity contribution in [3.05, 3.63) is 16.6 Å². The van der Waals surface area contributed by atoms with Gasteiger partial charge in [0.05, 0.1) is 5.69 Å². The van der Waals surface area contributed by atoms with Gasteiger partial charge in [0.2, 0.25) is 0 Å². The molecule has 5 heteroatoms. The van der Waals surface area contributed by atoms with E-state index in [2.05, 4.69) is 28.2 Å². The fourth-order valence-corrected chi connectivity index (χ4v) is 2.24. The normalized spacial score (nSPS) is 15.3. The molecule has 0 saturated heterocycles. The topological polar surface area (TPSA) is 39.7 Å². The minimum atomic E-state index is 0.337. The van der Waals surface area contributed by atoms with Crippen molar-refractivity contribution in [2.45, 2.75) is 19.4 Å². The molecule has 0 saturated carbocycles. The van der Waals surface area contributed by atoms with Gasteiger partial charge in [0, 0.05) is 36.4 Å². The van der Waals surface area contributed by atoms with Gasteiger partial charge in [-0.1, -0.05) is 0 Å². The highest BCUT2D eigenvalue weighted by Gasteiger charge is 2.15. The van der Waals surface area contributed by atoms with E-state index in [1.807, 2.05) is 12.1 Å². The third kappa shape index (κ3) is 3.29. The second-order valence-electron chi connectivity index (χ2n) is 4.30. The van der Waals surface area contributed by atoms with Crippen LogP contribution in [-0.4, -0.2) is 33.0 Å². The first-order valence-electron chi connectivity index (χ1n) is 6.05. The number of rotatable bonds is 5. The fraction of sp³-hybridized carbons (Fsp3) is 0.538. The first-order valence-corrected chi connectivity index (χ1v) is 6.84. The number of nitrogens with one attached hydrogen (secondary N) is 1. The lowest BCUT2D eigenvalue weighted by molar-refractivity contribution is 0.171. The van der Waals surface area contributed by atoms with Crippen molar-refractivity contribution in [2.75, 3.05) is 32.2 Å². The van der Waals surface area contributed by atoms with Gasteiger partial charge in [-0.3, -0.25) is 0 Å². The Labute approximate surface area is 116 Å². The molecule has 0 bridgehead atoms. The standard InChI is InChI=1S/C13H18BrNO3/c1-9(3-4-16-2)15-11-8-13-12(7-10(11)14)17-5-6-18-13/h7-9,15H,3-6H2,1-2H3. The fourth-order valence-electron chi connectivity index (χ4n) is 1.81. The molecule has 1 unspecified atom stereocenters. The van der Waals surface area contributed by atoms with E-state index in [-0.39, 0.29) is 0 Å². The number of methoxy groups -OCH3 is 1. The second kappa shape index (κ2) is 6.29. The van der Waals surface area contributed by atoms with E-state index < -0.39 is 0 Å². The van der Waals surface area contributed by atoms with Crippen LogP contribution in [0.3, 0.4) is 0 Å². The predicted octanol–water partition coefficient (Wildman–Crippen LogP) is 3.06. The summed E-state index contributed by atoms with van der Waals surface area (Å²) in [5.41, 5.74) is 1.02. The van der Waals surface area contributed by atoms with Crippen molar-refractivity contribution >= 4 is 21.6 Å². The van der Waals surface area contributed by atoms with Crippen molar-refractivity contribution in [3.63, 3.8) is 0 Å². The van der Waals surface area contributed by atoms with Gasteiger partial charge < -0.3 is 19.5 Å². The Bertz CT molecular complexity index is 411. The lowest BCUT2D eigenvalue weighted by Gasteiger charge is -2.22. The van der Waals surface area contributed by atoms with Crippen LogP contribution in [0, 0.1) is 0 Å². The number of anilines is 1. The van der Waals surface area contributed by atoms with E-state index in [1.165, 1.54) is 0 Å². The molecule has 1 aromatic rings. The summed E-state index contributed by atoms with van der Waals surface area (Å²) in [6, 6.07) is 4.26. The van der Waals surface area contributed by atoms with Crippen molar-refractivity contribution in [1.29, 1.82) is 0 Å². The first-order chi connectivity index (χ1) is 8.70.